The van der Waals surface area contributed by atoms with Gasteiger partial charge < -0.3 is 5.32 Å². The molecule has 0 heterocycles. The quantitative estimate of drug-likeness (QED) is 0.868. The van der Waals surface area contributed by atoms with E-state index in [9.17, 15) is 4.79 Å². The average molecular weight is 332 g/mol. The van der Waals surface area contributed by atoms with Crippen LogP contribution in [0.3, 0.4) is 0 Å². The van der Waals surface area contributed by atoms with Gasteiger partial charge in [0.15, 0.2) is 0 Å². The van der Waals surface area contributed by atoms with Crippen LogP contribution in [-0.2, 0) is 11.2 Å². The third-order valence-corrected chi connectivity index (χ3v) is 4.05. The Kier molecular flexibility index (Phi) is 4.96. The largest absolute Gasteiger partial charge is 0.325 e. The number of carbonyl (C=O) groups excluding carboxylic acids is 1. The fourth-order valence-corrected chi connectivity index (χ4v) is 2.38. The van der Waals surface area contributed by atoms with Gasteiger partial charge in [0.25, 0.3) is 0 Å². The Hall–Kier alpha value is -1.61. The van der Waals surface area contributed by atoms with Crippen molar-refractivity contribution >= 4 is 27.5 Å². The summed E-state index contributed by atoms with van der Waals surface area (Å²) >= 11 is 3.42. The number of benzene rings is 2. The maximum atomic E-state index is 12.0. The zero-order valence-corrected chi connectivity index (χ0v) is 13.3. The van der Waals surface area contributed by atoms with Crippen molar-refractivity contribution in [1.29, 1.82) is 0 Å². The van der Waals surface area contributed by atoms with Gasteiger partial charge in [-0.05, 0) is 65.0 Å². The van der Waals surface area contributed by atoms with Crippen molar-refractivity contribution in [2.24, 2.45) is 0 Å². The standard InChI is InChI=1S/C17H18BrNO/c1-12-7-8-14(11-13(12)2)9-10-17(20)19-16-6-4-3-5-15(16)18/h3-8,11H,9-10H2,1-2H3,(H,19,20). The minimum absolute atomic E-state index is 0.0372. The topological polar surface area (TPSA) is 29.1 Å². The Bertz CT molecular complexity index is 622. The van der Waals surface area contributed by atoms with Gasteiger partial charge in [0.05, 0.1) is 5.69 Å². The Morgan fingerprint density at radius 1 is 1.10 bits per heavy atom. The molecular formula is C17H18BrNO. The molecule has 2 rings (SSSR count). The van der Waals surface area contributed by atoms with Crippen LogP contribution in [0.15, 0.2) is 46.9 Å². The van der Waals surface area contributed by atoms with E-state index < -0.39 is 0 Å². The van der Waals surface area contributed by atoms with Crippen LogP contribution >= 0.6 is 15.9 Å². The SMILES string of the molecule is Cc1ccc(CCC(=O)Nc2ccccc2Br)cc1C. The molecule has 1 amide bonds. The highest BCUT2D eigenvalue weighted by molar-refractivity contribution is 9.10. The Balaban J connectivity index is 1.92. The van der Waals surface area contributed by atoms with Gasteiger partial charge in [0.2, 0.25) is 5.91 Å². The van der Waals surface area contributed by atoms with Crippen molar-refractivity contribution in [3.05, 3.63) is 63.6 Å². The van der Waals surface area contributed by atoms with E-state index in [1.807, 2.05) is 24.3 Å². The fourth-order valence-electron chi connectivity index (χ4n) is 1.99. The number of carbonyl (C=O) groups is 1. The zero-order valence-electron chi connectivity index (χ0n) is 11.7. The minimum Gasteiger partial charge on any atom is -0.325 e. The van der Waals surface area contributed by atoms with E-state index in [0.717, 1.165) is 16.6 Å². The van der Waals surface area contributed by atoms with Gasteiger partial charge >= 0.3 is 0 Å². The van der Waals surface area contributed by atoms with Crippen LogP contribution < -0.4 is 5.32 Å². The maximum absolute atomic E-state index is 12.0. The molecule has 1 N–H and O–H groups in total. The second-order valence-corrected chi connectivity index (χ2v) is 5.80. The summed E-state index contributed by atoms with van der Waals surface area (Å²) in [4.78, 5) is 12.0. The highest BCUT2D eigenvalue weighted by Gasteiger charge is 2.06. The summed E-state index contributed by atoms with van der Waals surface area (Å²) in [6, 6.07) is 14.0. The third-order valence-electron chi connectivity index (χ3n) is 3.36. The second-order valence-electron chi connectivity index (χ2n) is 4.95. The molecule has 0 fully saturated rings. The lowest BCUT2D eigenvalue weighted by atomic mass is 10.0. The lowest BCUT2D eigenvalue weighted by molar-refractivity contribution is -0.116. The summed E-state index contributed by atoms with van der Waals surface area (Å²) in [6.07, 6.45) is 1.25. The summed E-state index contributed by atoms with van der Waals surface area (Å²) in [6.45, 7) is 4.19. The number of rotatable bonds is 4. The first-order valence-corrected chi connectivity index (χ1v) is 7.46. The van der Waals surface area contributed by atoms with Gasteiger partial charge in [0, 0.05) is 10.9 Å². The molecule has 0 unspecified atom stereocenters. The minimum atomic E-state index is 0.0372. The van der Waals surface area contributed by atoms with E-state index in [1.54, 1.807) is 0 Å². The number of amides is 1. The van der Waals surface area contributed by atoms with Crippen molar-refractivity contribution in [1.82, 2.24) is 0 Å². The number of anilines is 1. The second kappa shape index (κ2) is 6.71. The van der Waals surface area contributed by atoms with Crippen molar-refractivity contribution < 1.29 is 4.79 Å². The first-order valence-electron chi connectivity index (χ1n) is 6.67. The molecule has 0 saturated carbocycles. The molecular weight excluding hydrogens is 314 g/mol. The van der Waals surface area contributed by atoms with Gasteiger partial charge in [-0.3, -0.25) is 4.79 Å². The summed E-state index contributed by atoms with van der Waals surface area (Å²) in [7, 11) is 0. The molecule has 0 radical (unpaired) electrons. The molecule has 0 saturated heterocycles. The van der Waals surface area contributed by atoms with Gasteiger partial charge in [-0.2, -0.15) is 0 Å². The number of hydrogen-bond acceptors (Lipinski definition) is 1. The summed E-state index contributed by atoms with van der Waals surface area (Å²) in [5, 5.41) is 2.92. The molecule has 3 heteroatoms. The first-order chi connectivity index (χ1) is 9.56. The van der Waals surface area contributed by atoms with E-state index in [0.29, 0.717) is 6.42 Å². The number of hydrogen-bond donors (Lipinski definition) is 1. The molecule has 0 bridgehead atoms. The Labute approximate surface area is 128 Å². The van der Waals surface area contributed by atoms with Crippen LogP contribution in [0.1, 0.15) is 23.1 Å². The van der Waals surface area contributed by atoms with Crippen LogP contribution in [-0.4, -0.2) is 5.91 Å². The molecule has 0 spiro atoms. The Morgan fingerprint density at radius 3 is 2.55 bits per heavy atom. The Morgan fingerprint density at radius 2 is 1.85 bits per heavy atom. The monoisotopic (exact) mass is 331 g/mol. The van der Waals surface area contributed by atoms with Gasteiger partial charge in [-0.25, -0.2) is 0 Å². The number of para-hydroxylation sites is 1. The molecule has 0 aliphatic rings. The summed E-state index contributed by atoms with van der Waals surface area (Å²) < 4.78 is 0.902. The van der Waals surface area contributed by atoms with E-state index >= 15 is 0 Å². The van der Waals surface area contributed by atoms with E-state index in [4.69, 9.17) is 0 Å². The van der Waals surface area contributed by atoms with Gasteiger partial charge in [0.1, 0.15) is 0 Å². The molecule has 20 heavy (non-hydrogen) atoms. The summed E-state index contributed by atoms with van der Waals surface area (Å²) in [5.74, 6) is 0.0372. The van der Waals surface area contributed by atoms with E-state index in [-0.39, 0.29) is 5.91 Å². The van der Waals surface area contributed by atoms with Crippen molar-refractivity contribution in [2.45, 2.75) is 26.7 Å². The van der Waals surface area contributed by atoms with Crippen LogP contribution in [0.2, 0.25) is 0 Å². The van der Waals surface area contributed by atoms with Crippen LogP contribution in [0.25, 0.3) is 0 Å². The lowest BCUT2D eigenvalue weighted by Gasteiger charge is -2.08. The summed E-state index contributed by atoms with van der Waals surface area (Å²) in [5.41, 5.74) is 4.58. The smallest absolute Gasteiger partial charge is 0.224 e. The number of nitrogens with one attached hydrogen (secondary N) is 1. The zero-order chi connectivity index (χ0) is 14.5. The number of halogens is 1. The van der Waals surface area contributed by atoms with Crippen LogP contribution in [0, 0.1) is 13.8 Å². The molecule has 0 aliphatic carbocycles. The van der Waals surface area contributed by atoms with Gasteiger partial charge in [-0.15, -0.1) is 0 Å². The molecule has 0 aliphatic heterocycles. The highest BCUT2D eigenvalue weighted by Crippen LogP contribution is 2.21. The number of aryl methyl sites for hydroxylation is 3. The molecule has 104 valence electrons. The van der Waals surface area contributed by atoms with Crippen molar-refractivity contribution in [2.75, 3.05) is 5.32 Å². The third kappa shape index (κ3) is 3.94. The predicted molar refractivity (Wildman–Crippen MR) is 87.0 cm³/mol. The van der Waals surface area contributed by atoms with Crippen LogP contribution in [0.5, 0.6) is 0 Å². The highest BCUT2D eigenvalue weighted by atomic mass is 79.9. The first kappa shape index (κ1) is 14.8. The van der Waals surface area contributed by atoms with Crippen LogP contribution in [0.4, 0.5) is 5.69 Å². The molecule has 0 atom stereocenters. The normalized spacial score (nSPS) is 10.3. The molecule has 2 nitrogen and oxygen atoms in total. The van der Waals surface area contributed by atoms with Gasteiger partial charge in [-0.1, -0.05) is 30.3 Å². The molecule has 2 aromatic rings. The maximum Gasteiger partial charge on any atom is 0.224 e. The lowest BCUT2D eigenvalue weighted by Crippen LogP contribution is -2.12. The van der Waals surface area contributed by atoms with E-state index in [2.05, 4.69) is 53.3 Å². The molecule has 0 aromatic heterocycles. The predicted octanol–water partition coefficient (Wildman–Crippen LogP) is 4.64. The van der Waals surface area contributed by atoms with Crippen molar-refractivity contribution in [3.63, 3.8) is 0 Å². The molecule has 2 aromatic carbocycles. The average Bonchev–Trinajstić information content (AvgIpc) is 2.43. The fraction of sp³-hybridized carbons (Fsp3) is 0.235. The van der Waals surface area contributed by atoms with Crippen molar-refractivity contribution in [3.8, 4) is 0 Å². The van der Waals surface area contributed by atoms with E-state index in [1.165, 1.54) is 16.7 Å².